The minimum Gasteiger partial charge on any atom is -0.478 e. The van der Waals surface area contributed by atoms with Gasteiger partial charge in [-0.25, -0.2) is 13.6 Å². The molecule has 2 nitrogen and oxygen atoms in total. The lowest BCUT2D eigenvalue weighted by molar-refractivity contribution is 0.0696. The van der Waals surface area contributed by atoms with Gasteiger partial charge in [0.05, 0.1) is 5.56 Å². The van der Waals surface area contributed by atoms with E-state index >= 15 is 0 Å². The Morgan fingerprint density at radius 3 is 2.28 bits per heavy atom. The third-order valence-electron chi connectivity index (χ3n) is 2.62. The van der Waals surface area contributed by atoms with Crippen molar-refractivity contribution in [2.75, 3.05) is 0 Å². The number of benzene rings is 2. The maximum absolute atomic E-state index is 13.0. The van der Waals surface area contributed by atoms with Gasteiger partial charge in [-0.05, 0) is 23.3 Å². The molecule has 92 valence electrons. The molecule has 0 bridgehead atoms. The molecule has 0 aliphatic rings. The molecule has 4 heteroatoms. The molecule has 0 aliphatic heterocycles. The van der Waals surface area contributed by atoms with Crippen LogP contribution in [-0.4, -0.2) is 11.1 Å². The Hall–Kier alpha value is -2.23. The van der Waals surface area contributed by atoms with Crippen molar-refractivity contribution in [2.24, 2.45) is 0 Å². The average Bonchev–Trinajstić information content (AvgIpc) is 2.39. The van der Waals surface area contributed by atoms with E-state index in [0.29, 0.717) is 11.1 Å². The van der Waals surface area contributed by atoms with Gasteiger partial charge >= 0.3 is 5.97 Å². The van der Waals surface area contributed by atoms with Crippen molar-refractivity contribution in [3.63, 3.8) is 0 Å². The molecule has 0 unspecified atom stereocenters. The summed E-state index contributed by atoms with van der Waals surface area (Å²) in [6.45, 7) is 0. The van der Waals surface area contributed by atoms with Crippen LogP contribution in [0.2, 0.25) is 0 Å². The van der Waals surface area contributed by atoms with Crippen LogP contribution in [0, 0.1) is 0 Å². The smallest absolute Gasteiger partial charge is 0.335 e. The zero-order valence-electron chi connectivity index (χ0n) is 9.31. The Kier molecular flexibility index (Phi) is 3.37. The SMILES string of the molecule is O=C(O)c1ccc(-c2ccccc2)c(C(F)F)c1. The Labute approximate surface area is 103 Å². The highest BCUT2D eigenvalue weighted by Gasteiger charge is 2.16. The summed E-state index contributed by atoms with van der Waals surface area (Å²) >= 11 is 0. The molecule has 0 saturated heterocycles. The summed E-state index contributed by atoms with van der Waals surface area (Å²) in [7, 11) is 0. The lowest BCUT2D eigenvalue weighted by atomic mass is 9.98. The summed E-state index contributed by atoms with van der Waals surface area (Å²) in [5.74, 6) is -1.21. The number of alkyl halides is 2. The second kappa shape index (κ2) is 4.96. The highest BCUT2D eigenvalue weighted by atomic mass is 19.3. The molecule has 0 heterocycles. The molecule has 2 aromatic carbocycles. The van der Waals surface area contributed by atoms with Gasteiger partial charge in [-0.1, -0.05) is 36.4 Å². The summed E-state index contributed by atoms with van der Waals surface area (Å²) in [5.41, 5.74) is 0.603. The van der Waals surface area contributed by atoms with Gasteiger partial charge in [-0.3, -0.25) is 0 Å². The quantitative estimate of drug-likeness (QED) is 0.891. The zero-order chi connectivity index (χ0) is 13.1. The van der Waals surface area contributed by atoms with E-state index in [9.17, 15) is 13.6 Å². The van der Waals surface area contributed by atoms with Crippen molar-refractivity contribution in [3.8, 4) is 11.1 Å². The minimum absolute atomic E-state index is 0.134. The molecule has 0 fully saturated rings. The van der Waals surface area contributed by atoms with Crippen LogP contribution in [0.4, 0.5) is 8.78 Å². The highest BCUT2D eigenvalue weighted by Crippen LogP contribution is 2.31. The summed E-state index contributed by atoms with van der Waals surface area (Å²) < 4.78 is 25.9. The standard InChI is InChI=1S/C14H10F2O2/c15-13(16)12-8-10(14(17)18)6-7-11(12)9-4-2-1-3-5-9/h1-8,13H,(H,17,18). The number of aromatic carboxylic acids is 1. The molecule has 0 atom stereocenters. The fourth-order valence-electron chi connectivity index (χ4n) is 1.76. The molecular weight excluding hydrogens is 238 g/mol. The van der Waals surface area contributed by atoms with Crippen LogP contribution in [-0.2, 0) is 0 Å². The number of hydrogen-bond donors (Lipinski definition) is 1. The zero-order valence-corrected chi connectivity index (χ0v) is 9.31. The molecular formula is C14H10F2O2. The van der Waals surface area contributed by atoms with E-state index in [1.807, 2.05) is 0 Å². The van der Waals surface area contributed by atoms with Gasteiger partial charge in [0.25, 0.3) is 6.43 Å². The van der Waals surface area contributed by atoms with Gasteiger partial charge in [0.1, 0.15) is 0 Å². The minimum atomic E-state index is -2.71. The number of halogens is 2. The van der Waals surface area contributed by atoms with E-state index in [0.717, 1.165) is 6.07 Å². The Morgan fingerprint density at radius 1 is 1.06 bits per heavy atom. The fraction of sp³-hybridized carbons (Fsp3) is 0.0714. The van der Waals surface area contributed by atoms with Crippen LogP contribution < -0.4 is 0 Å². The Morgan fingerprint density at radius 2 is 1.72 bits per heavy atom. The second-order valence-electron chi connectivity index (χ2n) is 3.77. The normalized spacial score (nSPS) is 10.6. The predicted octanol–water partition coefficient (Wildman–Crippen LogP) is 3.99. The molecule has 0 spiro atoms. The number of rotatable bonds is 3. The van der Waals surface area contributed by atoms with Crippen molar-refractivity contribution >= 4 is 5.97 Å². The van der Waals surface area contributed by atoms with Gasteiger partial charge in [0.2, 0.25) is 0 Å². The first kappa shape index (κ1) is 12.2. The summed E-state index contributed by atoms with van der Waals surface area (Å²) in [4.78, 5) is 10.8. The number of carbonyl (C=O) groups is 1. The van der Waals surface area contributed by atoms with Crippen LogP contribution in [0.5, 0.6) is 0 Å². The van der Waals surface area contributed by atoms with Crippen molar-refractivity contribution in [1.29, 1.82) is 0 Å². The maximum atomic E-state index is 13.0. The molecule has 0 aromatic heterocycles. The van der Waals surface area contributed by atoms with Crippen molar-refractivity contribution in [3.05, 3.63) is 59.7 Å². The molecule has 0 radical (unpaired) electrons. The fourth-order valence-corrected chi connectivity index (χ4v) is 1.76. The molecule has 2 aromatic rings. The van der Waals surface area contributed by atoms with E-state index in [1.165, 1.54) is 12.1 Å². The summed E-state index contributed by atoms with van der Waals surface area (Å²) in [6, 6.07) is 12.5. The monoisotopic (exact) mass is 248 g/mol. The first-order valence-corrected chi connectivity index (χ1v) is 5.30. The van der Waals surface area contributed by atoms with Crippen molar-refractivity contribution in [2.45, 2.75) is 6.43 Å². The number of carboxylic acids is 1. The Balaban J connectivity index is 2.58. The lowest BCUT2D eigenvalue weighted by Gasteiger charge is -2.10. The summed E-state index contributed by atoms with van der Waals surface area (Å²) in [6.07, 6.45) is -2.71. The number of carboxylic acid groups (broad SMARTS) is 1. The van der Waals surface area contributed by atoms with Crippen LogP contribution in [0.1, 0.15) is 22.3 Å². The molecule has 0 amide bonds. The lowest BCUT2D eigenvalue weighted by Crippen LogP contribution is -1.99. The van der Waals surface area contributed by atoms with Gasteiger partial charge in [0.15, 0.2) is 0 Å². The largest absolute Gasteiger partial charge is 0.478 e. The van der Waals surface area contributed by atoms with Crippen LogP contribution >= 0.6 is 0 Å². The van der Waals surface area contributed by atoms with Gasteiger partial charge in [-0.15, -0.1) is 0 Å². The topological polar surface area (TPSA) is 37.3 Å². The molecule has 2 rings (SSSR count). The second-order valence-corrected chi connectivity index (χ2v) is 3.77. The Bertz CT molecular complexity index is 565. The van der Waals surface area contributed by atoms with Crippen LogP contribution in [0.15, 0.2) is 48.5 Å². The van der Waals surface area contributed by atoms with Gasteiger partial charge in [-0.2, -0.15) is 0 Å². The van der Waals surface area contributed by atoms with E-state index in [-0.39, 0.29) is 11.1 Å². The number of hydrogen-bond acceptors (Lipinski definition) is 1. The van der Waals surface area contributed by atoms with E-state index in [2.05, 4.69) is 0 Å². The predicted molar refractivity (Wildman–Crippen MR) is 63.8 cm³/mol. The first-order valence-electron chi connectivity index (χ1n) is 5.30. The van der Waals surface area contributed by atoms with Crippen molar-refractivity contribution in [1.82, 2.24) is 0 Å². The van der Waals surface area contributed by atoms with E-state index in [1.54, 1.807) is 30.3 Å². The van der Waals surface area contributed by atoms with Gasteiger partial charge in [0, 0.05) is 5.56 Å². The highest BCUT2D eigenvalue weighted by molar-refractivity contribution is 5.89. The van der Waals surface area contributed by atoms with Crippen LogP contribution in [0.3, 0.4) is 0 Å². The molecule has 0 aliphatic carbocycles. The molecule has 1 N–H and O–H groups in total. The third-order valence-corrected chi connectivity index (χ3v) is 2.62. The average molecular weight is 248 g/mol. The maximum Gasteiger partial charge on any atom is 0.335 e. The van der Waals surface area contributed by atoms with Crippen molar-refractivity contribution < 1.29 is 18.7 Å². The summed E-state index contributed by atoms with van der Waals surface area (Å²) in [5, 5.41) is 8.81. The third kappa shape index (κ3) is 2.37. The van der Waals surface area contributed by atoms with E-state index in [4.69, 9.17) is 5.11 Å². The van der Waals surface area contributed by atoms with E-state index < -0.39 is 12.4 Å². The molecule has 18 heavy (non-hydrogen) atoms. The first-order chi connectivity index (χ1) is 8.59. The molecule has 0 saturated carbocycles. The van der Waals surface area contributed by atoms with Crippen LogP contribution in [0.25, 0.3) is 11.1 Å². The van der Waals surface area contributed by atoms with Gasteiger partial charge < -0.3 is 5.11 Å².